The minimum Gasteiger partial charge on any atom is -0.374 e. The fourth-order valence-electron chi connectivity index (χ4n) is 1.05. The number of carbonyl (C=O) groups is 1. The highest BCUT2D eigenvalue weighted by Crippen LogP contribution is 2.16. The van der Waals surface area contributed by atoms with Crippen LogP contribution < -0.4 is 10.6 Å². The van der Waals surface area contributed by atoms with Gasteiger partial charge in [0.25, 0.3) is 0 Å². The van der Waals surface area contributed by atoms with Gasteiger partial charge in [-0.05, 0) is 24.3 Å². The molecule has 92 valence electrons. The van der Waals surface area contributed by atoms with Crippen molar-refractivity contribution >= 4 is 40.3 Å². The Morgan fingerprint density at radius 2 is 2.17 bits per heavy atom. The Morgan fingerprint density at radius 3 is 2.72 bits per heavy atom. The van der Waals surface area contributed by atoms with Crippen LogP contribution >= 0.6 is 23.1 Å². The topological polar surface area (TPSA) is 90.5 Å². The number of carbonyl (C=O) groups excluding carboxylic acids is 1. The van der Waals surface area contributed by atoms with Crippen LogP contribution in [0, 0.1) is 0 Å². The van der Waals surface area contributed by atoms with Crippen LogP contribution in [-0.2, 0) is 4.79 Å². The second-order valence-corrected chi connectivity index (χ2v) is 4.32. The molecule has 0 spiro atoms. The Bertz CT molecular complexity index is 582. The number of nitrogens with two attached hydrogens (primary N) is 1. The number of anilines is 1. The number of oxime groups is 1. The van der Waals surface area contributed by atoms with Crippen LogP contribution in [0.1, 0.15) is 5.82 Å². The molecular weight excluding hydrogens is 276 g/mol. The lowest BCUT2D eigenvalue weighted by Gasteiger charge is -1.98. The molecule has 0 aliphatic rings. The molecule has 0 amide bonds. The summed E-state index contributed by atoms with van der Waals surface area (Å²) in [5.74, 6) is 0.586. The maximum atomic E-state index is 10.8. The lowest BCUT2D eigenvalue weighted by molar-refractivity contribution is -0.102. The van der Waals surface area contributed by atoms with E-state index in [1.54, 1.807) is 24.3 Å². The van der Waals surface area contributed by atoms with Crippen LogP contribution in [0.2, 0.25) is 5.02 Å². The number of nitrogen functional groups attached to an aromatic ring is 1. The number of nitrogens with zero attached hydrogens (tertiary/aromatic N) is 3. The molecule has 2 rings (SSSR count). The van der Waals surface area contributed by atoms with Crippen molar-refractivity contribution in [2.24, 2.45) is 5.16 Å². The molecule has 0 saturated carbocycles. The van der Waals surface area contributed by atoms with Crippen molar-refractivity contribution < 1.29 is 9.63 Å². The van der Waals surface area contributed by atoms with E-state index in [1.165, 1.54) is 0 Å². The molecule has 6 nitrogen and oxygen atoms in total. The minimum absolute atomic E-state index is 0.0297. The maximum absolute atomic E-state index is 10.8. The van der Waals surface area contributed by atoms with E-state index in [-0.39, 0.29) is 16.7 Å². The first kappa shape index (κ1) is 12.5. The summed E-state index contributed by atoms with van der Waals surface area (Å²) < 4.78 is 3.86. The van der Waals surface area contributed by atoms with E-state index in [4.69, 9.17) is 22.2 Å². The zero-order valence-electron chi connectivity index (χ0n) is 8.91. The van der Waals surface area contributed by atoms with Gasteiger partial charge in [-0.1, -0.05) is 16.8 Å². The molecule has 0 bridgehead atoms. The van der Waals surface area contributed by atoms with Gasteiger partial charge in [-0.3, -0.25) is 4.79 Å². The van der Waals surface area contributed by atoms with E-state index in [0.29, 0.717) is 17.1 Å². The van der Waals surface area contributed by atoms with E-state index in [1.807, 2.05) is 0 Å². The van der Waals surface area contributed by atoms with Gasteiger partial charge in [-0.15, -0.1) is 0 Å². The predicted molar refractivity (Wildman–Crippen MR) is 69.0 cm³/mol. The summed E-state index contributed by atoms with van der Waals surface area (Å²) >= 11 is 6.70. The summed E-state index contributed by atoms with van der Waals surface area (Å²) in [4.78, 5) is 19.7. The number of rotatable bonds is 4. The Hall–Kier alpha value is -1.99. The lowest BCUT2D eigenvalue weighted by Crippen LogP contribution is -2.07. The molecule has 18 heavy (non-hydrogen) atoms. The average molecular weight is 283 g/mol. The third-order valence-corrected chi connectivity index (χ3v) is 2.64. The summed E-state index contributed by atoms with van der Waals surface area (Å²) in [6, 6.07) is 6.53. The van der Waals surface area contributed by atoms with Crippen molar-refractivity contribution in [3.8, 4) is 5.75 Å². The first-order valence-corrected chi connectivity index (χ1v) is 5.89. The maximum Gasteiger partial charge on any atom is 0.200 e. The SMILES string of the molecule is Nc1nc(/C(C=O)=N/Oc2ccc(Cl)cc2)ns1. The molecule has 0 saturated heterocycles. The number of aromatic nitrogens is 2. The highest BCUT2D eigenvalue weighted by atomic mass is 35.5. The van der Waals surface area contributed by atoms with Crippen LogP contribution in [0.4, 0.5) is 5.13 Å². The molecule has 0 radical (unpaired) electrons. The largest absolute Gasteiger partial charge is 0.374 e. The monoisotopic (exact) mass is 282 g/mol. The first-order valence-electron chi connectivity index (χ1n) is 4.74. The fourth-order valence-corrected chi connectivity index (χ4v) is 1.62. The van der Waals surface area contributed by atoms with E-state index >= 15 is 0 Å². The molecular formula is C10H7ClN4O2S. The van der Waals surface area contributed by atoms with Gasteiger partial charge in [-0.2, -0.15) is 9.36 Å². The lowest BCUT2D eigenvalue weighted by atomic mass is 10.3. The molecule has 8 heteroatoms. The second kappa shape index (κ2) is 5.56. The molecule has 0 aliphatic carbocycles. The number of hydrogen-bond acceptors (Lipinski definition) is 7. The number of halogens is 1. The summed E-state index contributed by atoms with van der Waals surface area (Å²) in [6.45, 7) is 0. The number of hydrogen-bond donors (Lipinski definition) is 1. The summed E-state index contributed by atoms with van der Waals surface area (Å²) in [5.41, 5.74) is 5.38. The van der Waals surface area contributed by atoms with Gasteiger partial charge in [0.2, 0.25) is 0 Å². The zero-order chi connectivity index (χ0) is 13.0. The van der Waals surface area contributed by atoms with Crippen molar-refractivity contribution in [1.82, 2.24) is 9.36 Å². The van der Waals surface area contributed by atoms with Gasteiger partial charge in [0.05, 0.1) is 0 Å². The molecule has 1 heterocycles. The Balaban J connectivity index is 2.15. The third kappa shape index (κ3) is 3.02. The number of aldehydes is 1. The first-order chi connectivity index (χ1) is 8.69. The van der Waals surface area contributed by atoms with Crippen LogP contribution in [0.3, 0.4) is 0 Å². The van der Waals surface area contributed by atoms with Crippen LogP contribution in [0.15, 0.2) is 29.4 Å². The molecule has 2 N–H and O–H groups in total. The van der Waals surface area contributed by atoms with E-state index in [2.05, 4.69) is 14.5 Å². The van der Waals surface area contributed by atoms with Gasteiger partial charge in [-0.25, -0.2) is 0 Å². The molecule has 1 aromatic carbocycles. The Labute approximate surface area is 111 Å². The minimum atomic E-state index is -0.0297. The highest BCUT2D eigenvalue weighted by molar-refractivity contribution is 7.09. The quantitative estimate of drug-likeness (QED) is 0.524. The second-order valence-electron chi connectivity index (χ2n) is 3.10. The molecule has 0 atom stereocenters. The standard InChI is InChI=1S/C10H7ClN4O2S/c11-6-1-3-7(4-2-6)17-14-8(5-16)9-13-10(12)18-15-9/h1-5H,(H2,12,13,15)/b14-8+. The molecule has 1 aromatic heterocycles. The van der Waals surface area contributed by atoms with E-state index in [0.717, 1.165) is 11.5 Å². The highest BCUT2D eigenvalue weighted by Gasteiger charge is 2.09. The molecule has 2 aromatic rings. The van der Waals surface area contributed by atoms with Crippen molar-refractivity contribution in [2.45, 2.75) is 0 Å². The molecule has 0 unspecified atom stereocenters. The zero-order valence-corrected chi connectivity index (χ0v) is 10.5. The van der Waals surface area contributed by atoms with Gasteiger partial charge >= 0.3 is 0 Å². The molecule has 0 aliphatic heterocycles. The van der Waals surface area contributed by atoms with E-state index in [9.17, 15) is 4.79 Å². The van der Waals surface area contributed by atoms with Crippen LogP contribution in [0.5, 0.6) is 5.75 Å². The Kier molecular flexibility index (Phi) is 3.85. The van der Waals surface area contributed by atoms with Gasteiger partial charge < -0.3 is 10.6 Å². The third-order valence-electron chi connectivity index (χ3n) is 1.85. The van der Waals surface area contributed by atoms with Crippen molar-refractivity contribution in [1.29, 1.82) is 0 Å². The van der Waals surface area contributed by atoms with Gasteiger partial charge in [0.1, 0.15) is 0 Å². The van der Waals surface area contributed by atoms with E-state index < -0.39 is 0 Å². The van der Waals surface area contributed by atoms with Crippen molar-refractivity contribution in [3.63, 3.8) is 0 Å². The Morgan fingerprint density at radius 1 is 1.44 bits per heavy atom. The summed E-state index contributed by atoms with van der Waals surface area (Å²) in [7, 11) is 0. The molecule has 0 fully saturated rings. The van der Waals surface area contributed by atoms with Crippen LogP contribution in [0.25, 0.3) is 0 Å². The van der Waals surface area contributed by atoms with Crippen molar-refractivity contribution in [3.05, 3.63) is 35.1 Å². The summed E-state index contributed by atoms with van der Waals surface area (Å²) in [6.07, 6.45) is 0.497. The van der Waals surface area contributed by atoms with Gasteiger partial charge in [0.15, 0.2) is 28.7 Å². The van der Waals surface area contributed by atoms with Crippen LogP contribution in [-0.4, -0.2) is 21.4 Å². The normalized spacial score (nSPS) is 11.3. The van der Waals surface area contributed by atoms with Crippen molar-refractivity contribution in [2.75, 3.05) is 5.73 Å². The average Bonchev–Trinajstić information content (AvgIpc) is 2.79. The van der Waals surface area contributed by atoms with Gasteiger partial charge in [0, 0.05) is 16.6 Å². The fraction of sp³-hybridized carbons (Fsp3) is 0. The predicted octanol–water partition coefficient (Wildman–Crippen LogP) is 1.76. The smallest absolute Gasteiger partial charge is 0.200 e. The number of benzene rings is 1. The summed E-state index contributed by atoms with van der Waals surface area (Å²) in [5, 5.41) is 4.49.